The standard InChI is InChI=1S/C16H22N2O2/c1-12-7-9-14(10-8-12)18-15(19)11-17-16(20)13-5-3-2-4-6-13/h7-10,13H,2-6,11H2,1H3,(H,17,20)(H,18,19). The van der Waals surface area contributed by atoms with Crippen molar-refractivity contribution < 1.29 is 9.59 Å². The lowest BCUT2D eigenvalue weighted by Crippen LogP contribution is -2.37. The monoisotopic (exact) mass is 274 g/mol. The number of carbonyl (C=O) groups excluding carboxylic acids is 2. The van der Waals surface area contributed by atoms with E-state index in [1.807, 2.05) is 31.2 Å². The van der Waals surface area contributed by atoms with Crippen molar-refractivity contribution in [3.05, 3.63) is 29.8 Å². The summed E-state index contributed by atoms with van der Waals surface area (Å²) in [5.74, 6) is -0.0716. The van der Waals surface area contributed by atoms with Crippen LogP contribution >= 0.6 is 0 Å². The Balaban J connectivity index is 1.74. The maximum Gasteiger partial charge on any atom is 0.243 e. The molecule has 1 aliphatic carbocycles. The van der Waals surface area contributed by atoms with Gasteiger partial charge in [-0.05, 0) is 31.9 Å². The van der Waals surface area contributed by atoms with Gasteiger partial charge in [-0.25, -0.2) is 0 Å². The topological polar surface area (TPSA) is 58.2 Å². The molecule has 1 aromatic carbocycles. The van der Waals surface area contributed by atoms with Crippen LogP contribution in [0.3, 0.4) is 0 Å². The predicted octanol–water partition coefficient (Wildman–Crippen LogP) is 2.63. The molecular weight excluding hydrogens is 252 g/mol. The van der Waals surface area contributed by atoms with E-state index in [4.69, 9.17) is 0 Å². The second-order valence-electron chi connectivity index (χ2n) is 5.47. The molecule has 0 bridgehead atoms. The Morgan fingerprint density at radius 2 is 1.75 bits per heavy atom. The van der Waals surface area contributed by atoms with E-state index in [-0.39, 0.29) is 24.3 Å². The highest BCUT2D eigenvalue weighted by Gasteiger charge is 2.21. The zero-order chi connectivity index (χ0) is 14.4. The normalized spacial score (nSPS) is 15.7. The first kappa shape index (κ1) is 14.6. The summed E-state index contributed by atoms with van der Waals surface area (Å²) in [6, 6.07) is 7.60. The Hall–Kier alpha value is -1.84. The van der Waals surface area contributed by atoms with Crippen LogP contribution in [0.25, 0.3) is 0 Å². The van der Waals surface area contributed by atoms with Crippen molar-refractivity contribution in [2.75, 3.05) is 11.9 Å². The second-order valence-corrected chi connectivity index (χ2v) is 5.47. The van der Waals surface area contributed by atoms with E-state index < -0.39 is 0 Å². The van der Waals surface area contributed by atoms with Gasteiger partial charge < -0.3 is 10.6 Å². The van der Waals surface area contributed by atoms with Crippen molar-refractivity contribution in [3.63, 3.8) is 0 Å². The van der Waals surface area contributed by atoms with Crippen LogP contribution in [-0.4, -0.2) is 18.4 Å². The number of carbonyl (C=O) groups is 2. The molecular formula is C16H22N2O2. The quantitative estimate of drug-likeness (QED) is 0.886. The summed E-state index contributed by atoms with van der Waals surface area (Å²) in [5.41, 5.74) is 1.90. The largest absolute Gasteiger partial charge is 0.347 e. The number of amides is 2. The van der Waals surface area contributed by atoms with Crippen molar-refractivity contribution in [3.8, 4) is 0 Å². The predicted molar refractivity (Wildman–Crippen MR) is 79.4 cm³/mol. The number of aryl methyl sites for hydroxylation is 1. The van der Waals surface area contributed by atoms with Crippen LogP contribution in [0.4, 0.5) is 5.69 Å². The summed E-state index contributed by atoms with van der Waals surface area (Å²) < 4.78 is 0. The van der Waals surface area contributed by atoms with Gasteiger partial charge >= 0.3 is 0 Å². The van der Waals surface area contributed by atoms with Crippen LogP contribution in [0, 0.1) is 12.8 Å². The van der Waals surface area contributed by atoms with Crippen molar-refractivity contribution in [2.45, 2.75) is 39.0 Å². The average molecular weight is 274 g/mol. The smallest absolute Gasteiger partial charge is 0.243 e. The average Bonchev–Trinajstić information content (AvgIpc) is 2.48. The molecule has 0 heterocycles. The maximum absolute atomic E-state index is 11.9. The summed E-state index contributed by atoms with van der Waals surface area (Å²) in [7, 11) is 0. The van der Waals surface area contributed by atoms with Gasteiger partial charge in [0.1, 0.15) is 0 Å². The highest BCUT2D eigenvalue weighted by atomic mass is 16.2. The van der Waals surface area contributed by atoms with Crippen LogP contribution in [0.5, 0.6) is 0 Å². The van der Waals surface area contributed by atoms with E-state index in [1.54, 1.807) is 0 Å². The Labute approximate surface area is 119 Å². The summed E-state index contributed by atoms with van der Waals surface area (Å²) >= 11 is 0. The molecule has 2 amide bonds. The van der Waals surface area contributed by atoms with Crippen molar-refractivity contribution in [1.29, 1.82) is 0 Å². The van der Waals surface area contributed by atoms with Crippen LogP contribution in [0.15, 0.2) is 24.3 Å². The first-order valence-electron chi connectivity index (χ1n) is 7.29. The minimum atomic E-state index is -0.182. The molecule has 4 heteroatoms. The first-order valence-corrected chi connectivity index (χ1v) is 7.29. The van der Waals surface area contributed by atoms with E-state index in [0.717, 1.165) is 36.9 Å². The lowest BCUT2D eigenvalue weighted by atomic mass is 9.89. The molecule has 4 nitrogen and oxygen atoms in total. The minimum absolute atomic E-state index is 0.0174. The molecule has 1 fully saturated rings. The number of hydrogen-bond donors (Lipinski definition) is 2. The second kappa shape index (κ2) is 7.08. The maximum atomic E-state index is 11.9. The highest BCUT2D eigenvalue weighted by Crippen LogP contribution is 2.23. The molecule has 1 aromatic rings. The first-order chi connectivity index (χ1) is 9.65. The fourth-order valence-corrected chi connectivity index (χ4v) is 2.52. The van der Waals surface area contributed by atoms with Gasteiger partial charge in [-0.2, -0.15) is 0 Å². The van der Waals surface area contributed by atoms with E-state index in [0.29, 0.717) is 0 Å². The third-order valence-corrected chi connectivity index (χ3v) is 3.73. The number of nitrogens with one attached hydrogen (secondary N) is 2. The molecule has 1 aliphatic rings. The Bertz CT molecular complexity index is 462. The highest BCUT2D eigenvalue weighted by molar-refractivity contribution is 5.94. The third kappa shape index (κ3) is 4.37. The molecule has 2 rings (SSSR count). The van der Waals surface area contributed by atoms with Crippen molar-refractivity contribution in [1.82, 2.24) is 5.32 Å². The summed E-state index contributed by atoms with van der Waals surface area (Å²) in [6.45, 7) is 2.04. The number of hydrogen-bond acceptors (Lipinski definition) is 2. The van der Waals surface area contributed by atoms with Crippen LogP contribution in [0.2, 0.25) is 0 Å². The third-order valence-electron chi connectivity index (χ3n) is 3.73. The van der Waals surface area contributed by atoms with Crippen molar-refractivity contribution >= 4 is 17.5 Å². The molecule has 20 heavy (non-hydrogen) atoms. The van der Waals surface area contributed by atoms with E-state index >= 15 is 0 Å². The fraction of sp³-hybridized carbons (Fsp3) is 0.500. The molecule has 108 valence electrons. The lowest BCUT2D eigenvalue weighted by molar-refractivity contribution is -0.128. The summed E-state index contributed by atoms with van der Waals surface area (Å²) in [6.07, 6.45) is 5.36. The van der Waals surface area contributed by atoms with Gasteiger partial charge in [0.2, 0.25) is 11.8 Å². The number of benzene rings is 1. The van der Waals surface area contributed by atoms with E-state index in [1.165, 1.54) is 6.42 Å². The zero-order valence-electron chi connectivity index (χ0n) is 11.9. The molecule has 0 radical (unpaired) electrons. The Morgan fingerprint density at radius 3 is 2.40 bits per heavy atom. The van der Waals surface area contributed by atoms with Gasteiger partial charge in [0.05, 0.1) is 6.54 Å². The molecule has 0 spiro atoms. The molecule has 0 aliphatic heterocycles. The van der Waals surface area contributed by atoms with Gasteiger partial charge in [-0.15, -0.1) is 0 Å². The molecule has 0 unspecified atom stereocenters. The fourth-order valence-electron chi connectivity index (χ4n) is 2.52. The van der Waals surface area contributed by atoms with E-state index in [2.05, 4.69) is 10.6 Å². The molecule has 2 N–H and O–H groups in total. The molecule has 0 atom stereocenters. The molecule has 1 saturated carbocycles. The summed E-state index contributed by atoms with van der Waals surface area (Å²) in [4.78, 5) is 23.7. The number of anilines is 1. The van der Waals surface area contributed by atoms with Gasteiger partial charge in [-0.3, -0.25) is 9.59 Å². The van der Waals surface area contributed by atoms with E-state index in [9.17, 15) is 9.59 Å². The Morgan fingerprint density at radius 1 is 1.10 bits per heavy atom. The SMILES string of the molecule is Cc1ccc(NC(=O)CNC(=O)C2CCCCC2)cc1. The lowest BCUT2D eigenvalue weighted by Gasteiger charge is -2.20. The van der Waals surface area contributed by atoms with Gasteiger partial charge in [0.25, 0.3) is 0 Å². The van der Waals surface area contributed by atoms with Gasteiger partial charge in [-0.1, -0.05) is 37.0 Å². The molecule has 0 aromatic heterocycles. The zero-order valence-corrected chi connectivity index (χ0v) is 11.9. The van der Waals surface area contributed by atoms with Gasteiger partial charge in [0, 0.05) is 11.6 Å². The summed E-state index contributed by atoms with van der Waals surface area (Å²) in [5, 5.41) is 5.51. The van der Waals surface area contributed by atoms with Crippen LogP contribution < -0.4 is 10.6 Å². The van der Waals surface area contributed by atoms with Crippen molar-refractivity contribution in [2.24, 2.45) is 5.92 Å². The van der Waals surface area contributed by atoms with Gasteiger partial charge in [0.15, 0.2) is 0 Å². The van der Waals surface area contributed by atoms with Crippen LogP contribution in [-0.2, 0) is 9.59 Å². The van der Waals surface area contributed by atoms with Crippen LogP contribution in [0.1, 0.15) is 37.7 Å². The molecule has 0 saturated heterocycles. The minimum Gasteiger partial charge on any atom is -0.347 e. The Kier molecular flexibility index (Phi) is 5.16. The number of rotatable bonds is 4.